The van der Waals surface area contributed by atoms with E-state index in [2.05, 4.69) is 4.98 Å². The Hall–Kier alpha value is -2.18. The first kappa shape index (κ1) is 16.7. The van der Waals surface area contributed by atoms with E-state index in [4.69, 9.17) is 16.3 Å². The highest BCUT2D eigenvalue weighted by molar-refractivity contribution is 7.20. The summed E-state index contributed by atoms with van der Waals surface area (Å²) in [4.78, 5) is 29.9. The van der Waals surface area contributed by atoms with Crippen molar-refractivity contribution in [2.24, 2.45) is 7.05 Å². The average molecular weight is 363 g/mol. The fraction of sp³-hybridized carbons (Fsp3) is 0.235. The zero-order chi connectivity index (χ0) is 17.4. The zero-order valence-corrected chi connectivity index (χ0v) is 14.9. The predicted molar refractivity (Wildman–Crippen MR) is 94.9 cm³/mol. The van der Waals surface area contributed by atoms with Gasteiger partial charge in [0.1, 0.15) is 15.8 Å². The number of nitrogens with zero attached hydrogens (tertiary/aromatic N) is 2. The quantitative estimate of drug-likeness (QED) is 0.663. The number of fused-ring (bicyclic) bond motifs is 1. The second-order valence-corrected chi connectivity index (χ2v) is 6.87. The zero-order valence-electron chi connectivity index (χ0n) is 13.4. The Balaban J connectivity index is 1.95. The van der Waals surface area contributed by atoms with Gasteiger partial charge in [0, 0.05) is 17.6 Å². The van der Waals surface area contributed by atoms with E-state index in [1.54, 1.807) is 27.0 Å². The van der Waals surface area contributed by atoms with Crippen molar-refractivity contribution in [1.29, 1.82) is 0 Å². The summed E-state index contributed by atoms with van der Waals surface area (Å²) in [5.41, 5.74) is 1.16. The molecule has 0 radical (unpaired) electrons. The van der Waals surface area contributed by atoms with Crippen LogP contribution in [0, 0.1) is 6.92 Å². The first-order valence-corrected chi connectivity index (χ1v) is 8.49. The highest BCUT2D eigenvalue weighted by Crippen LogP contribution is 2.30. The van der Waals surface area contributed by atoms with Crippen molar-refractivity contribution in [2.75, 3.05) is 0 Å². The van der Waals surface area contributed by atoms with Gasteiger partial charge in [-0.15, -0.1) is 11.3 Å². The molecule has 1 atom stereocenters. The van der Waals surface area contributed by atoms with Crippen LogP contribution in [0.5, 0.6) is 0 Å². The van der Waals surface area contributed by atoms with Crippen molar-refractivity contribution >= 4 is 39.1 Å². The molecule has 3 rings (SSSR count). The van der Waals surface area contributed by atoms with E-state index in [1.807, 2.05) is 18.2 Å². The van der Waals surface area contributed by atoms with E-state index in [-0.39, 0.29) is 5.56 Å². The van der Waals surface area contributed by atoms with Crippen LogP contribution < -0.4 is 5.56 Å². The lowest BCUT2D eigenvalue weighted by Gasteiger charge is -2.14. The summed E-state index contributed by atoms with van der Waals surface area (Å²) in [6.07, 6.45) is 0.953. The van der Waals surface area contributed by atoms with Crippen molar-refractivity contribution in [2.45, 2.75) is 20.0 Å². The Labute approximate surface area is 147 Å². The third kappa shape index (κ3) is 2.83. The molecule has 0 aliphatic carbocycles. The van der Waals surface area contributed by atoms with Gasteiger partial charge in [-0.2, -0.15) is 0 Å². The lowest BCUT2D eigenvalue weighted by Crippen LogP contribution is -2.17. The Morgan fingerprint density at radius 1 is 1.38 bits per heavy atom. The number of halogens is 1. The van der Waals surface area contributed by atoms with Gasteiger partial charge in [-0.25, -0.2) is 9.78 Å². The predicted octanol–water partition coefficient (Wildman–Crippen LogP) is 3.87. The topological polar surface area (TPSA) is 61.2 Å². The molecule has 0 aliphatic rings. The van der Waals surface area contributed by atoms with E-state index >= 15 is 0 Å². The smallest absolute Gasteiger partial charge is 0.349 e. The maximum absolute atomic E-state index is 12.5. The Bertz CT molecular complexity index is 993. The van der Waals surface area contributed by atoms with E-state index in [0.29, 0.717) is 25.7 Å². The second kappa shape index (κ2) is 6.37. The Kier molecular flexibility index (Phi) is 4.43. The number of thiophene rings is 1. The van der Waals surface area contributed by atoms with Crippen molar-refractivity contribution in [3.63, 3.8) is 0 Å². The first-order valence-electron chi connectivity index (χ1n) is 7.30. The van der Waals surface area contributed by atoms with Crippen LogP contribution in [0.3, 0.4) is 0 Å². The van der Waals surface area contributed by atoms with E-state index in [1.165, 1.54) is 10.9 Å². The molecule has 0 saturated heterocycles. The molecule has 3 aromatic rings. The summed E-state index contributed by atoms with van der Waals surface area (Å²) in [5, 5.41) is 1.00. The van der Waals surface area contributed by atoms with Gasteiger partial charge in [-0.05, 0) is 25.5 Å². The number of esters is 1. The largest absolute Gasteiger partial charge is 0.454 e. The molecular formula is C17H15ClN2O3S. The normalized spacial score (nSPS) is 12.3. The molecule has 0 saturated carbocycles. The van der Waals surface area contributed by atoms with Crippen molar-refractivity contribution in [1.82, 2.24) is 9.55 Å². The number of hydrogen-bond acceptors (Lipinski definition) is 5. The molecule has 24 heavy (non-hydrogen) atoms. The van der Waals surface area contributed by atoms with Crippen LogP contribution in [0.4, 0.5) is 0 Å². The first-order chi connectivity index (χ1) is 11.4. The van der Waals surface area contributed by atoms with Crippen LogP contribution in [0.15, 0.2) is 35.4 Å². The molecule has 2 aromatic heterocycles. The molecule has 5 nitrogen and oxygen atoms in total. The van der Waals surface area contributed by atoms with Gasteiger partial charge in [0.25, 0.3) is 5.56 Å². The number of aromatic nitrogens is 2. The average Bonchev–Trinajstić information content (AvgIpc) is 2.89. The minimum absolute atomic E-state index is 0.174. The van der Waals surface area contributed by atoms with Crippen LogP contribution in [0.1, 0.15) is 33.8 Å². The van der Waals surface area contributed by atoms with Gasteiger partial charge in [-0.3, -0.25) is 4.79 Å². The van der Waals surface area contributed by atoms with Crippen LogP contribution in [-0.2, 0) is 11.8 Å². The van der Waals surface area contributed by atoms with E-state index in [0.717, 1.165) is 16.9 Å². The monoisotopic (exact) mass is 362 g/mol. The van der Waals surface area contributed by atoms with E-state index < -0.39 is 12.1 Å². The summed E-state index contributed by atoms with van der Waals surface area (Å²) >= 11 is 7.30. The maximum Gasteiger partial charge on any atom is 0.349 e. The van der Waals surface area contributed by atoms with Gasteiger partial charge in [0.15, 0.2) is 0 Å². The van der Waals surface area contributed by atoms with Crippen LogP contribution in [0.25, 0.3) is 10.2 Å². The Morgan fingerprint density at radius 2 is 2.08 bits per heavy atom. The van der Waals surface area contributed by atoms with Gasteiger partial charge < -0.3 is 9.30 Å². The molecule has 0 bridgehead atoms. The molecule has 0 spiro atoms. The number of carbonyl (C=O) groups excluding carboxylic acids is 1. The van der Waals surface area contributed by atoms with Crippen molar-refractivity contribution in [3.05, 3.63) is 62.0 Å². The van der Waals surface area contributed by atoms with Gasteiger partial charge >= 0.3 is 5.97 Å². The third-order valence-electron chi connectivity index (χ3n) is 3.82. The minimum atomic E-state index is -0.494. The molecular weight excluding hydrogens is 348 g/mol. The summed E-state index contributed by atoms with van der Waals surface area (Å²) in [5.74, 6) is -0.482. The maximum atomic E-state index is 12.5. The van der Waals surface area contributed by atoms with Crippen molar-refractivity contribution < 1.29 is 9.53 Å². The molecule has 0 N–H and O–H groups in total. The summed E-state index contributed by atoms with van der Waals surface area (Å²) in [6.45, 7) is 3.50. The van der Waals surface area contributed by atoms with Crippen LogP contribution >= 0.6 is 22.9 Å². The molecule has 2 heterocycles. The third-order valence-corrected chi connectivity index (χ3v) is 5.35. The minimum Gasteiger partial charge on any atom is -0.454 e. The summed E-state index contributed by atoms with van der Waals surface area (Å²) in [6, 6.07) is 7.22. The molecule has 7 heteroatoms. The highest BCUT2D eigenvalue weighted by Gasteiger charge is 2.22. The number of benzene rings is 1. The Morgan fingerprint density at radius 3 is 2.79 bits per heavy atom. The number of aryl methyl sites for hydroxylation is 2. The number of hydrogen-bond donors (Lipinski definition) is 0. The molecule has 1 unspecified atom stereocenters. The fourth-order valence-corrected chi connectivity index (χ4v) is 3.80. The second-order valence-electron chi connectivity index (χ2n) is 5.47. The molecule has 0 fully saturated rings. The highest BCUT2D eigenvalue weighted by atomic mass is 35.5. The van der Waals surface area contributed by atoms with Gasteiger partial charge in [0.2, 0.25) is 0 Å². The molecule has 124 valence electrons. The summed E-state index contributed by atoms with van der Waals surface area (Å²) < 4.78 is 6.93. The molecule has 1 aromatic carbocycles. The lowest BCUT2D eigenvalue weighted by molar-refractivity contribution is 0.0343. The van der Waals surface area contributed by atoms with Crippen LogP contribution in [-0.4, -0.2) is 15.5 Å². The summed E-state index contributed by atoms with van der Waals surface area (Å²) in [7, 11) is 1.63. The fourth-order valence-electron chi connectivity index (χ4n) is 2.49. The van der Waals surface area contributed by atoms with Crippen molar-refractivity contribution in [3.8, 4) is 0 Å². The number of carbonyl (C=O) groups is 1. The number of rotatable bonds is 3. The molecule has 0 aliphatic heterocycles. The molecule has 0 amide bonds. The van der Waals surface area contributed by atoms with Gasteiger partial charge in [0.05, 0.1) is 11.7 Å². The SMILES string of the molecule is Cc1c(C(=O)OC(C)c2ccccc2Cl)sc2ncn(C)c(=O)c12. The van der Waals surface area contributed by atoms with Crippen LogP contribution in [0.2, 0.25) is 5.02 Å². The number of ether oxygens (including phenoxy) is 1. The standard InChI is InChI=1S/C17H15ClN2O3S/c1-9-13-15(19-8-20(3)16(13)21)24-14(9)17(22)23-10(2)11-6-4-5-7-12(11)18/h4-8,10H,1-3H3. The van der Waals surface area contributed by atoms with E-state index in [9.17, 15) is 9.59 Å². The van der Waals surface area contributed by atoms with Gasteiger partial charge in [-0.1, -0.05) is 29.8 Å². The lowest BCUT2D eigenvalue weighted by atomic mass is 10.1.